The third-order valence-corrected chi connectivity index (χ3v) is 5.52. The third kappa shape index (κ3) is 3.33. The number of alkyl halides is 2. The number of fused-ring (bicyclic) bond motifs is 2. The Labute approximate surface area is 171 Å². The van der Waals surface area contributed by atoms with Crippen LogP contribution in [-0.4, -0.2) is 47.7 Å². The molecule has 0 saturated carbocycles. The molecule has 0 spiro atoms. The minimum atomic E-state index is -1.74. The Hall–Kier alpha value is -2.25. The highest BCUT2D eigenvalue weighted by atomic mass is 35.5. The molecule has 0 saturated heterocycles. The zero-order valence-corrected chi connectivity index (χ0v) is 16.7. The standard InChI is InChI=1S/C19H18Cl2O7/c1-26-13-4-3-11-10-5-6-19(18(24)25,28-17(23)15(20)21)8-9(10)7-12(11)14(13)16(22)27-2/h3-4,15H,5-8H2,1-2H3,(H,24,25). The number of aliphatic carboxylic acids is 1. The summed E-state index contributed by atoms with van der Waals surface area (Å²) in [5.74, 6) is -2.41. The highest BCUT2D eigenvalue weighted by molar-refractivity contribution is 6.53. The maximum Gasteiger partial charge on any atom is 0.348 e. The van der Waals surface area contributed by atoms with Crippen LogP contribution < -0.4 is 4.74 Å². The number of allylic oxidation sites excluding steroid dienone is 1. The summed E-state index contributed by atoms with van der Waals surface area (Å²) >= 11 is 11.0. The van der Waals surface area contributed by atoms with E-state index in [9.17, 15) is 19.5 Å². The summed E-state index contributed by atoms with van der Waals surface area (Å²) in [5, 5.41) is 9.74. The summed E-state index contributed by atoms with van der Waals surface area (Å²) in [6, 6.07) is 3.53. The van der Waals surface area contributed by atoms with Crippen LogP contribution in [0.4, 0.5) is 0 Å². The smallest absolute Gasteiger partial charge is 0.348 e. The minimum Gasteiger partial charge on any atom is -0.496 e. The number of hydrogen-bond donors (Lipinski definition) is 1. The van der Waals surface area contributed by atoms with E-state index in [1.807, 2.05) is 6.07 Å². The van der Waals surface area contributed by atoms with Gasteiger partial charge in [0.15, 0.2) is 0 Å². The lowest BCUT2D eigenvalue weighted by molar-refractivity contribution is -0.178. The molecule has 1 aromatic rings. The average molecular weight is 429 g/mol. The second-order valence-corrected chi connectivity index (χ2v) is 7.71. The number of halogens is 2. The number of carbonyl (C=O) groups is 3. The van der Waals surface area contributed by atoms with Crippen molar-refractivity contribution in [1.29, 1.82) is 0 Å². The van der Waals surface area contributed by atoms with Gasteiger partial charge in [-0.2, -0.15) is 0 Å². The van der Waals surface area contributed by atoms with Gasteiger partial charge in [-0.05, 0) is 35.6 Å². The fraction of sp³-hybridized carbons (Fsp3) is 0.421. The van der Waals surface area contributed by atoms with E-state index in [1.54, 1.807) is 6.07 Å². The van der Waals surface area contributed by atoms with Crippen LogP contribution in [0.15, 0.2) is 17.7 Å². The second-order valence-electron chi connectivity index (χ2n) is 6.62. The summed E-state index contributed by atoms with van der Waals surface area (Å²) in [5.41, 5.74) is 1.89. The van der Waals surface area contributed by atoms with Crippen molar-refractivity contribution in [2.24, 2.45) is 0 Å². The van der Waals surface area contributed by atoms with Gasteiger partial charge in [-0.25, -0.2) is 14.4 Å². The zero-order chi connectivity index (χ0) is 20.6. The van der Waals surface area contributed by atoms with Gasteiger partial charge in [0.2, 0.25) is 10.4 Å². The van der Waals surface area contributed by atoms with E-state index in [1.165, 1.54) is 14.2 Å². The molecule has 150 valence electrons. The van der Waals surface area contributed by atoms with E-state index in [0.717, 1.165) is 22.3 Å². The van der Waals surface area contributed by atoms with Gasteiger partial charge in [0.25, 0.3) is 0 Å². The molecule has 0 aromatic heterocycles. The van der Waals surface area contributed by atoms with Gasteiger partial charge in [-0.15, -0.1) is 0 Å². The van der Waals surface area contributed by atoms with E-state index in [4.69, 9.17) is 37.4 Å². The number of methoxy groups -OCH3 is 2. The zero-order valence-electron chi connectivity index (χ0n) is 15.2. The van der Waals surface area contributed by atoms with E-state index in [0.29, 0.717) is 24.2 Å². The first kappa shape index (κ1) is 20.5. The Morgan fingerprint density at radius 3 is 2.50 bits per heavy atom. The summed E-state index contributed by atoms with van der Waals surface area (Å²) in [4.78, 5) is 34.6. The van der Waals surface area contributed by atoms with E-state index >= 15 is 0 Å². The van der Waals surface area contributed by atoms with E-state index in [-0.39, 0.29) is 12.8 Å². The maximum atomic E-state index is 12.3. The van der Waals surface area contributed by atoms with Crippen LogP contribution in [0.1, 0.15) is 40.7 Å². The molecule has 0 radical (unpaired) electrons. The molecule has 1 atom stereocenters. The van der Waals surface area contributed by atoms with Crippen molar-refractivity contribution in [2.45, 2.75) is 36.1 Å². The molecule has 1 N–H and O–H groups in total. The monoisotopic (exact) mass is 428 g/mol. The van der Waals surface area contributed by atoms with Crippen LogP contribution in [0, 0.1) is 0 Å². The third-order valence-electron chi connectivity index (χ3n) is 5.17. The molecule has 1 aromatic carbocycles. The quantitative estimate of drug-likeness (QED) is 0.567. The van der Waals surface area contributed by atoms with Crippen LogP contribution in [0.2, 0.25) is 0 Å². The summed E-state index contributed by atoms with van der Waals surface area (Å²) in [6.45, 7) is 0. The Morgan fingerprint density at radius 1 is 1.21 bits per heavy atom. The molecule has 28 heavy (non-hydrogen) atoms. The largest absolute Gasteiger partial charge is 0.496 e. The Morgan fingerprint density at radius 2 is 1.93 bits per heavy atom. The van der Waals surface area contributed by atoms with Crippen molar-refractivity contribution in [1.82, 2.24) is 0 Å². The lowest BCUT2D eigenvalue weighted by atomic mass is 9.80. The summed E-state index contributed by atoms with van der Waals surface area (Å²) in [6.07, 6.45) is 0.766. The number of carbonyl (C=O) groups excluding carboxylic acids is 2. The van der Waals surface area contributed by atoms with Crippen LogP contribution in [-0.2, 0) is 25.5 Å². The molecule has 9 heteroatoms. The molecule has 3 rings (SSSR count). The van der Waals surface area contributed by atoms with Crippen LogP contribution >= 0.6 is 23.2 Å². The molecule has 2 aliphatic carbocycles. The van der Waals surface area contributed by atoms with Gasteiger partial charge in [0, 0.05) is 12.8 Å². The molecule has 1 unspecified atom stereocenters. The van der Waals surface area contributed by atoms with E-state index < -0.39 is 28.3 Å². The topological polar surface area (TPSA) is 99.1 Å². The number of ether oxygens (including phenoxy) is 3. The maximum absolute atomic E-state index is 12.3. The number of carboxylic acids is 1. The predicted octanol–water partition coefficient (Wildman–Crippen LogP) is 3.15. The molecule has 0 aliphatic heterocycles. The Kier molecular flexibility index (Phi) is 5.59. The van der Waals surface area contributed by atoms with Crippen molar-refractivity contribution in [3.05, 3.63) is 34.4 Å². The first-order valence-electron chi connectivity index (χ1n) is 8.48. The number of hydrogen-bond acceptors (Lipinski definition) is 6. The first-order chi connectivity index (χ1) is 13.2. The second kappa shape index (κ2) is 7.64. The number of benzene rings is 1. The highest BCUT2D eigenvalue weighted by Crippen LogP contribution is 2.48. The van der Waals surface area contributed by atoms with Crippen LogP contribution in [0.3, 0.4) is 0 Å². The fourth-order valence-electron chi connectivity index (χ4n) is 3.89. The predicted molar refractivity (Wildman–Crippen MR) is 101 cm³/mol. The molecule has 2 aliphatic rings. The summed E-state index contributed by atoms with van der Waals surface area (Å²) in [7, 11) is 2.74. The van der Waals surface area contributed by atoms with Crippen molar-refractivity contribution in [3.63, 3.8) is 0 Å². The van der Waals surface area contributed by atoms with Gasteiger partial charge in [0.1, 0.15) is 11.3 Å². The lowest BCUT2D eigenvalue weighted by Crippen LogP contribution is -2.46. The van der Waals surface area contributed by atoms with Crippen molar-refractivity contribution in [2.75, 3.05) is 14.2 Å². The number of rotatable bonds is 5. The number of esters is 2. The van der Waals surface area contributed by atoms with Crippen LogP contribution in [0.25, 0.3) is 5.57 Å². The van der Waals surface area contributed by atoms with Gasteiger partial charge < -0.3 is 19.3 Å². The number of carboxylic acid groups (broad SMARTS) is 1. The van der Waals surface area contributed by atoms with Gasteiger partial charge >= 0.3 is 17.9 Å². The molecular weight excluding hydrogens is 411 g/mol. The minimum absolute atomic E-state index is 0.0124. The molecule has 0 fully saturated rings. The van der Waals surface area contributed by atoms with Crippen molar-refractivity contribution < 1.29 is 33.7 Å². The molecular formula is C19H18Cl2O7. The summed E-state index contributed by atoms with van der Waals surface area (Å²) < 4.78 is 15.4. The van der Waals surface area contributed by atoms with Crippen LogP contribution in [0.5, 0.6) is 5.75 Å². The van der Waals surface area contributed by atoms with Crippen molar-refractivity contribution >= 4 is 46.7 Å². The molecule has 7 nitrogen and oxygen atoms in total. The fourth-order valence-corrected chi connectivity index (χ4v) is 3.98. The van der Waals surface area contributed by atoms with Gasteiger partial charge in [0.05, 0.1) is 14.2 Å². The molecule has 0 amide bonds. The van der Waals surface area contributed by atoms with Crippen molar-refractivity contribution in [3.8, 4) is 5.75 Å². The molecule has 0 heterocycles. The first-order valence-corrected chi connectivity index (χ1v) is 9.35. The normalized spacial score (nSPS) is 20.5. The Balaban J connectivity index is 1.99. The van der Waals surface area contributed by atoms with Gasteiger partial charge in [-0.3, -0.25) is 0 Å². The molecule has 0 bridgehead atoms. The van der Waals surface area contributed by atoms with E-state index in [2.05, 4.69) is 0 Å². The average Bonchev–Trinajstić information content (AvgIpc) is 3.03. The van der Waals surface area contributed by atoms with Gasteiger partial charge in [-0.1, -0.05) is 34.8 Å². The highest BCUT2D eigenvalue weighted by Gasteiger charge is 2.48. The lowest BCUT2D eigenvalue weighted by Gasteiger charge is -2.34. The SMILES string of the molecule is COC(=O)c1c(OC)ccc2c1CC1=C2CCC(OC(=O)C(Cl)Cl)(C(=O)O)C1. The Bertz CT molecular complexity index is 891.